The quantitative estimate of drug-likeness (QED) is 0.334. The minimum absolute atomic E-state index is 0.129. The number of carbonyl (C=O) groups is 1. The first kappa shape index (κ1) is 26.5. The minimum atomic E-state index is -0.386. The number of likely N-dealkylation sites (tertiary alicyclic amines) is 1. The molecule has 2 saturated heterocycles. The highest BCUT2D eigenvalue weighted by Gasteiger charge is 2.54. The van der Waals surface area contributed by atoms with Crippen LogP contribution < -0.4 is 5.46 Å². The number of H-pyrrole nitrogens is 1. The Labute approximate surface area is 240 Å². The van der Waals surface area contributed by atoms with Crippen LogP contribution in [0, 0.1) is 6.92 Å². The van der Waals surface area contributed by atoms with Crippen LogP contribution in [0.15, 0.2) is 77.8 Å². The maximum absolute atomic E-state index is 14.1. The van der Waals surface area contributed by atoms with Gasteiger partial charge in [0.25, 0.3) is 0 Å². The zero-order valence-corrected chi connectivity index (χ0v) is 24.0. The first-order chi connectivity index (χ1) is 18.9. The number of fused-ring (bicyclic) bond motifs is 1. The molecule has 6 rings (SSSR count). The molecular formula is C31H33BClN3O2S. The van der Waals surface area contributed by atoms with E-state index in [1.165, 1.54) is 15.9 Å². The molecule has 3 heterocycles. The first-order valence-electron chi connectivity index (χ1n) is 13.6. The van der Waals surface area contributed by atoms with Gasteiger partial charge in [-0.15, -0.1) is 11.8 Å². The molecule has 1 amide bonds. The van der Waals surface area contributed by atoms with Gasteiger partial charge in [-0.3, -0.25) is 9.69 Å². The summed E-state index contributed by atoms with van der Waals surface area (Å²) in [5.41, 5.74) is 5.73. The molecule has 1 N–H and O–H groups in total. The number of aryl methyl sites for hydroxylation is 1. The minimum Gasteiger partial charge on any atom is -0.379 e. The molecule has 0 spiro atoms. The van der Waals surface area contributed by atoms with Crippen molar-refractivity contribution in [3.8, 4) is 0 Å². The monoisotopic (exact) mass is 557 g/mol. The molecule has 3 aromatic carbocycles. The molecule has 39 heavy (non-hydrogen) atoms. The smallest absolute Gasteiger partial charge is 0.224 e. The van der Waals surface area contributed by atoms with Crippen LogP contribution in [0.25, 0.3) is 10.9 Å². The predicted octanol–water partition coefficient (Wildman–Crippen LogP) is 4.73. The van der Waals surface area contributed by atoms with E-state index in [1.807, 2.05) is 23.9 Å². The molecule has 2 aliphatic rings. The van der Waals surface area contributed by atoms with Crippen molar-refractivity contribution in [3.05, 3.63) is 94.6 Å². The second kappa shape index (κ2) is 11.0. The molecule has 8 heteroatoms. The summed E-state index contributed by atoms with van der Waals surface area (Å²) in [7, 11) is 2.09. The largest absolute Gasteiger partial charge is 0.379 e. The summed E-state index contributed by atoms with van der Waals surface area (Å²) in [6.07, 6.45) is 2.57. The molecule has 0 saturated carbocycles. The number of hydrogen-bond donors (Lipinski definition) is 1. The lowest BCUT2D eigenvalue weighted by Crippen LogP contribution is -2.48. The van der Waals surface area contributed by atoms with E-state index < -0.39 is 0 Å². The van der Waals surface area contributed by atoms with Gasteiger partial charge >= 0.3 is 0 Å². The van der Waals surface area contributed by atoms with Gasteiger partial charge < -0.3 is 14.6 Å². The topological polar surface area (TPSA) is 48.6 Å². The van der Waals surface area contributed by atoms with Gasteiger partial charge in [0.1, 0.15) is 7.85 Å². The zero-order chi connectivity index (χ0) is 27.0. The number of carbonyl (C=O) groups excluding carboxylic acids is 1. The van der Waals surface area contributed by atoms with E-state index in [2.05, 4.69) is 90.3 Å². The number of benzene rings is 3. The van der Waals surface area contributed by atoms with Crippen molar-refractivity contribution in [2.24, 2.45) is 0 Å². The Morgan fingerprint density at radius 2 is 1.82 bits per heavy atom. The Kier molecular flexibility index (Phi) is 7.51. The summed E-state index contributed by atoms with van der Waals surface area (Å²) >= 11 is 8.21. The lowest BCUT2D eigenvalue weighted by Gasteiger charge is -2.41. The van der Waals surface area contributed by atoms with E-state index in [9.17, 15) is 4.79 Å². The average Bonchev–Trinajstić information content (AvgIpc) is 3.44. The van der Waals surface area contributed by atoms with Gasteiger partial charge in [-0.2, -0.15) is 0 Å². The Morgan fingerprint density at radius 3 is 2.56 bits per heavy atom. The zero-order valence-electron chi connectivity index (χ0n) is 22.5. The van der Waals surface area contributed by atoms with E-state index in [4.69, 9.17) is 16.3 Å². The predicted molar refractivity (Wildman–Crippen MR) is 163 cm³/mol. The Balaban J connectivity index is 1.49. The standard InChI is InChI=1S/C31H33BClN3O2S/c1-21-2-9-25(10-3-21)39-31(20-35-12-14-38-15-13-35)17-29(37)36(19-22-4-6-23(32)7-5-22)30(31)27-18-34-28-16-24(33)8-11-26(27)28/h2-11,16,18,30,34H,12-15,17,19-20,32H2,1H3. The number of amides is 1. The van der Waals surface area contributed by atoms with Crippen LogP contribution in [0.4, 0.5) is 0 Å². The summed E-state index contributed by atoms with van der Waals surface area (Å²) in [5.74, 6) is 0.191. The van der Waals surface area contributed by atoms with Crippen molar-refractivity contribution in [1.82, 2.24) is 14.8 Å². The Hall–Kier alpha value is -2.71. The molecule has 200 valence electrons. The van der Waals surface area contributed by atoms with E-state index in [1.54, 1.807) is 0 Å². The van der Waals surface area contributed by atoms with Gasteiger partial charge in [0.15, 0.2) is 0 Å². The number of aromatic nitrogens is 1. The van der Waals surface area contributed by atoms with Gasteiger partial charge in [0.2, 0.25) is 5.91 Å². The molecule has 1 aromatic heterocycles. The number of thioether (sulfide) groups is 1. The number of aromatic amines is 1. The van der Waals surface area contributed by atoms with Gasteiger partial charge in [-0.25, -0.2) is 0 Å². The molecule has 5 nitrogen and oxygen atoms in total. The Bertz CT molecular complexity index is 1470. The third-order valence-electron chi connectivity index (χ3n) is 7.96. The summed E-state index contributed by atoms with van der Waals surface area (Å²) in [5, 5.41) is 1.81. The Morgan fingerprint density at radius 1 is 1.08 bits per heavy atom. The molecule has 2 aliphatic heterocycles. The maximum atomic E-state index is 14.1. The number of hydrogen-bond acceptors (Lipinski definition) is 4. The average molecular weight is 558 g/mol. The third-order valence-corrected chi connectivity index (χ3v) is 9.61. The molecule has 4 aromatic rings. The molecule has 0 radical (unpaired) electrons. The van der Waals surface area contributed by atoms with Crippen LogP contribution >= 0.6 is 23.4 Å². The van der Waals surface area contributed by atoms with Crippen molar-refractivity contribution in [2.45, 2.75) is 35.6 Å². The van der Waals surface area contributed by atoms with Crippen molar-refractivity contribution in [3.63, 3.8) is 0 Å². The van der Waals surface area contributed by atoms with Crippen molar-refractivity contribution >= 4 is 53.5 Å². The number of nitrogens with zero attached hydrogens (tertiary/aromatic N) is 2. The number of ether oxygens (including phenoxy) is 1. The highest BCUT2D eigenvalue weighted by molar-refractivity contribution is 8.00. The highest BCUT2D eigenvalue weighted by atomic mass is 35.5. The van der Waals surface area contributed by atoms with Crippen LogP contribution in [0.5, 0.6) is 0 Å². The summed E-state index contributed by atoms with van der Waals surface area (Å²) in [4.78, 5) is 23.3. The molecule has 0 bridgehead atoms. The van der Waals surface area contributed by atoms with Gasteiger partial charge in [-0.1, -0.05) is 65.1 Å². The van der Waals surface area contributed by atoms with E-state index in [0.717, 1.165) is 54.9 Å². The lowest BCUT2D eigenvalue weighted by atomic mass is 9.91. The second-order valence-corrected chi connectivity index (χ2v) is 12.8. The first-order valence-corrected chi connectivity index (χ1v) is 14.8. The van der Waals surface area contributed by atoms with E-state index in [-0.39, 0.29) is 16.7 Å². The highest BCUT2D eigenvalue weighted by Crippen LogP contribution is 2.54. The summed E-state index contributed by atoms with van der Waals surface area (Å²) in [6, 6.07) is 23.1. The van der Waals surface area contributed by atoms with Crippen LogP contribution in [-0.4, -0.2) is 66.1 Å². The fourth-order valence-electron chi connectivity index (χ4n) is 6.00. The van der Waals surface area contributed by atoms with Crippen LogP contribution in [-0.2, 0) is 16.1 Å². The maximum Gasteiger partial charge on any atom is 0.224 e. The normalized spacial score (nSPS) is 22.2. The molecule has 0 aliphatic carbocycles. The van der Waals surface area contributed by atoms with Crippen LogP contribution in [0.2, 0.25) is 5.02 Å². The van der Waals surface area contributed by atoms with Crippen LogP contribution in [0.3, 0.4) is 0 Å². The van der Waals surface area contributed by atoms with Crippen molar-refractivity contribution in [2.75, 3.05) is 32.8 Å². The SMILES string of the molecule is Bc1ccc(CN2C(=O)CC(CN3CCOCC3)(Sc3ccc(C)cc3)C2c2c[nH]c3cc(Cl)ccc23)cc1. The molecule has 2 unspecified atom stereocenters. The molecule has 2 fully saturated rings. The van der Waals surface area contributed by atoms with E-state index in [0.29, 0.717) is 18.0 Å². The summed E-state index contributed by atoms with van der Waals surface area (Å²) < 4.78 is 5.30. The van der Waals surface area contributed by atoms with Gasteiger partial charge in [0.05, 0.1) is 24.0 Å². The van der Waals surface area contributed by atoms with Crippen molar-refractivity contribution in [1.29, 1.82) is 0 Å². The number of halogens is 1. The molecular weight excluding hydrogens is 525 g/mol. The third kappa shape index (κ3) is 5.51. The number of nitrogens with one attached hydrogen (secondary N) is 1. The van der Waals surface area contributed by atoms with Gasteiger partial charge in [0, 0.05) is 65.2 Å². The second-order valence-electron chi connectivity index (χ2n) is 10.9. The van der Waals surface area contributed by atoms with Crippen molar-refractivity contribution < 1.29 is 9.53 Å². The van der Waals surface area contributed by atoms with Crippen LogP contribution in [0.1, 0.15) is 29.2 Å². The van der Waals surface area contributed by atoms with Gasteiger partial charge in [-0.05, 0) is 36.8 Å². The molecule has 2 atom stereocenters. The summed E-state index contributed by atoms with van der Waals surface area (Å²) in [6.45, 7) is 6.68. The fourth-order valence-corrected chi connectivity index (χ4v) is 7.72. The lowest BCUT2D eigenvalue weighted by molar-refractivity contribution is -0.129. The fraction of sp³-hybridized carbons (Fsp3) is 0.323. The van der Waals surface area contributed by atoms with E-state index >= 15 is 0 Å². The number of rotatable bonds is 7. The number of morpholine rings is 1.